The number of para-hydroxylation sites is 5. The normalized spacial score (nSPS) is 11.2. The SMILES string of the molecule is N#Cc1ccc(-c2nc3c4ccc(-c5ccc(-c6ccc(N(c7ccccc7)c7ccccc7)cc6)cc5)cc4c4cc(-c5ccc(-c6ccc(N(c7ccccc7)c7ccccc7)cc6)cc5)ccc4c3n2-c2ccccc2)cc1. The minimum atomic E-state index is 0.608. The van der Waals surface area contributed by atoms with Crippen molar-refractivity contribution in [3.8, 4) is 67.7 Å². The van der Waals surface area contributed by atoms with E-state index >= 15 is 0 Å². The van der Waals surface area contributed by atoms with Crippen molar-refractivity contribution in [2.75, 3.05) is 9.80 Å². The van der Waals surface area contributed by atoms with Gasteiger partial charge in [0.1, 0.15) is 5.82 Å². The molecule has 0 aliphatic rings. The van der Waals surface area contributed by atoms with Crippen molar-refractivity contribution in [2.24, 2.45) is 0 Å². The molecule has 5 nitrogen and oxygen atoms in total. The quantitative estimate of drug-likeness (QED) is 0.114. The van der Waals surface area contributed by atoms with E-state index in [0.29, 0.717) is 5.56 Å². The first kappa shape index (κ1) is 48.3. The molecule has 14 aromatic rings. The number of benzene rings is 13. The largest absolute Gasteiger partial charge is 0.311 e. The van der Waals surface area contributed by atoms with Gasteiger partial charge in [-0.05, 0) is 177 Å². The van der Waals surface area contributed by atoms with E-state index in [1.807, 2.05) is 30.3 Å². The van der Waals surface area contributed by atoms with Gasteiger partial charge in [0.25, 0.3) is 0 Å². The molecule has 0 atom stereocenters. The highest BCUT2D eigenvalue weighted by molar-refractivity contribution is 6.25. The highest BCUT2D eigenvalue weighted by Gasteiger charge is 2.22. The van der Waals surface area contributed by atoms with Crippen LogP contribution in [0.1, 0.15) is 5.56 Å². The Morgan fingerprint density at radius 3 is 0.988 bits per heavy atom. The molecule has 0 fully saturated rings. The predicted molar refractivity (Wildman–Crippen MR) is 337 cm³/mol. The Morgan fingerprint density at radius 1 is 0.284 bits per heavy atom. The monoisotopic (exact) mass is 1030 g/mol. The van der Waals surface area contributed by atoms with Gasteiger partial charge in [-0.15, -0.1) is 0 Å². The number of rotatable bonds is 12. The summed E-state index contributed by atoms with van der Waals surface area (Å²) in [5, 5.41) is 14.2. The van der Waals surface area contributed by atoms with Crippen molar-refractivity contribution >= 4 is 66.7 Å². The molecule has 0 unspecified atom stereocenters. The van der Waals surface area contributed by atoms with Crippen molar-refractivity contribution in [1.82, 2.24) is 9.55 Å². The Morgan fingerprint density at radius 2 is 0.593 bits per heavy atom. The van der Waals surface area contributed by atoms with Crippen molar-refractivity contribution in [3.63, 3.8) is 0 Å². The Bertz CT molecular complexity index is 4480. The van der Waals surface area contributed by atoms with Gasteiger partial charge in [0, 0.05) is 56.1 Å². The maximum Gasteiger partial charge on any atom is 0.145 e. The molecule has 14 rings (SSSR count). The number of imidazole rings is 1. The molecule has 380 valence electrons. The number of fused-ring (bicyclic) bond motifs is 6. The molecule has 0 bridgehead atoms. The summed E-state index contributed by atoms with van der Waals surface area (Å²) in [7, 11) is 0. The maximum absolute atomic E-state index is 9.73. The number of aromatic nitrogens is 2. The zero-order valence-corrected chi connectivity index (χ0v) is 44.2. The van der Waals surface area contributed by atoms with Crippen LogP contribution in [0.5, 0.6) is 0 Å². The zero-order valence-electron chi connectivity index (χ0n) is 44.2. The summed E-state index contributed by atoms with van der Waals surface area (Å²) >= 11 is 0. The topological polar surface area (TPSA) is 48.1 Å². The lowest BCUT2D eigenvalue weighted by Crippen LogP contribution is -2.09. The number of anilines is 6. The van der Waals surface area contributed by atoms with Gasteiger partial charge in [-0.2, -0.15) is 5.26 Å². The predicted octanol–water partition coefficient (Wildman–Crippen LogP) is 20.5. The van der Waals surface area contributed by atoms with Crippen molar-refractivity contribution in [3.05, 3.63) is 315 Å². The zero-order chi connectivity index (χ0) is 54.1. The Kier molecular flexibility index (Phi) is 12.6. The van der Waals surface area contributed by atoms with Crippen LogP contribution < -0.4 is 9.80 Å². The van der Waals surface area contributed by atoms with Gasteiger partial charge in [0.2, 0.25) is 0 Å². The summed E-state index contributed by atoms with van der Waals surface area (Å²) in [4.78, 5) is 10.1. The van der Waals surface area contributed by atoms with Gasteiger partial charge in [0.05, 0.1) is 22.7 Å². The molecule has 0 saturated heterocycles. The van der Waals surface area contributed by atoms with Crippen LogP contribution in [-0.4, -0.2) is 9.55 Å². The van der Waals surface area contributed by atoms with Gasteiger partial charge in [-0.3, -0.25) is 4.57 Å². The molecular formula is C76H51N5. The first-order chi connectivity index (χ1) is 40.1. The summed E-state index contributed by atoms with van der Waals surface area (Å²) in [6.07, 6.45) is 0. The van der Waals surface area contributed by atoms with Gasteiger partial charge in [0.15, 0.2) is 0 Å². The van der Waals surface area contributed by atoms with E-state index < -0.39 is 0 Å². The van der Waals surface area contributed by atoms with E-state index in [1.165, 1.54) is 0 Å². The fourth-order valence-electron chi connectivity index (χ4n) is 11.4. The third-order valence-electron chi connectivity index (χ3n) is 15.4. The lowest BCUT2D eigenvalue weighted by molar-refractivity contribution is 1.11. The minimum absolute atomic E-state index is 0.608. The lowest BCUT2D eigenvalue weighted by atomic mass is 9.92. The van der Waals surface area contributed by atoms with Crippen LogP contribution in [0.2, 0.25) is 0 Å². The van der Waals surface area contributed by atoms with E-state index in [1.54, 1.807) is 0 Å². The standard InChI is InChI=1S/C76H51N5/c77-52-53-26-28-60(29-27-53)76-78-74-70-48-42-61(58-34-30-54(31-35-58)56-38-44-68(45-39-56)79(63-16-6-1-7-17-63)64-18-8-2-9-19-64)50-72(70)73-51-62(43-49-71(73)75(74)81(76)67-24-14-5-15-25-67)59-36-32-55(33-37-59)57-40-46-69(47-41-57)80(65-20-10-3-11-21-65)66-22-12-4-13-23-66/h1-51H. The number of hydrogen-bond donors (Lipinski definition) is 0. The van der Waals surface area contributed by atoms with E-state index in [9.17, 15) is 5.26 Å². The Labute approximate surface area is 471 Å². The van der Waals surface area contributed by atoms with Crippen molar-refractivity contribution < 1.29 is 0 Å². The molecule has 0 saturated carbocycles. The molecular weight excluding hydrogens is 983 g/mol. The molecule has 81 heavy (non-hydrogen) atoms. The van der Waals surface area contributed by atoms with E-state index in [4.69, 9.17) is 4.98 Å². The van der Waals surface area contributed by atoms with Crippen LogP contribution in [0.4, 0.5) is 34.1 Å². The first-order valence-electron chi connectivity index (χ1n) is 27.3. The third-order valence-corrected chi connectivity index (χ3v) is 15.4. The van der Waals surface area contributed by atoms with Gasteiger partial charge in [-0.1, -0.05) is 188 Å². The second-order valence-electron chi connectivity index (χ2n) is 20.3. The molecule has 0 radical (unpaired) electrons. The molecule has 0 spiro atoms. The third kappa shape index (κ3) is 9.23. The molecule has 13 aromatic carbocycles. The highest BCUT2D eigenvalue weighted by Crippen LogP contribution is 2.43. The molecule has 5 heteroatoms. The van der Waals surface area contributed by atoms with Crippen LogP contribution in [0.15, 0.2) is 309 Å². The number of nitriles is 1. The van der Waals surface area contributed by atoms with Crippen molar-refractivity contribution in [2.45, 2.75) is 0 Å². The molecule has 0 N–H and O–H groups in total. The highest BCUT2D eigenvalue weighted by atomic mass is 15.1. The Balaban J connectivity index is 0.850. The second kappa shape index (κ2) is 21.1. The van der Waals surface area contributed by atoms with Gasteiger partial charge < -0.3 is 9.80 Å². The molecule has 0 aliphatic heterocycles. The van der Waals surface area contributed by atoms with Gasteiger partial charge in [-0.25, -0.2) is 4.98 Å². The maximum atomic E-state index is 9.73. The summed E-state index contributed by atoms with van der Waals surface area (Å²) in [6.45, 7) is 0. The smallest absolute Gasteiger partial charge is 0.145 e. The summed E-state index contributed by atoms with van der Waals surface area (Å²) in [6, 6.07) is 112. The molecule has 1 heterocycles. The van der Waals surface area contributed by atoms with Crippen LogP contribution in [-0.2, 0) is 0 Å². The van der Waals surface area contributed by atoms with E-state index in [2.05, 4.69) is 299 Å². The van der Waals surface area contributed by atoms with Crippen LogP contribution >= 0.6 is 0 Å². The fourth-order valence-corrected chi connectivity index (χ4v) is 11.4. The lowest BCUT2D eigenvalue weighted by Gasteiger charge is -2.25. The van der Waals surface area contributed by atoms with Crippen LogP contribution in [0.3, 0.4) is 0 Å². The van der Waals surface area contributed by atoms with Crippen molar-refractivity contribution in [1.29, 1.82) is 5.26 Å². The number of nitrogens with zero attached hydrogens (tertiary/aromatic N) is 5. The second-order valence-corrected chi connectivity index (χ2v) is 20.3. The summed E-state index contributed by atoms with van der Waals surface area (Å²) in [5.74, 6) is 0.815. The van der Waals surface area contributed by atoms with Crippen LogP contribution in [0, 0.1) is 11.3 Å². The molecule has 1 aromatic heterocycles. The fraction of sp³-hybridized carbons (Fsp3) is 0. The summed E-state index contributed by atoms with van der Waals surface area (Å²) in [5.41, 5.74) is 20.3. The molecule has 0 amide bonds. The van der Waals surface area contributed by atoms with Gasteiger partial charge >= 0.3 is 0 Å². The number of hydrogen-bond acceptors (Lipinski definition) is 4. The van der Waals surface area contributed by atoms with Crippen LogP contribution in [0.25, 0.3) is 94.2 Å². The van der Waals surface area contributed by atoms with E-state index in [-0.39, 0.29) is 0 Å². The average Bonchev–Trinajstić information content (AvgIpc) is 3.38. The Hall–Kier alpha value is -11.1. The average molecular weight is 1030 g/mol. The molecule has 0 aliphatic carbocycles. The minimum Gasteiger partial charge on any atom is -0.311 e. The van der Waals surface area contributed by atoms with E-state index in [0.717, 1.165) is 128 Å². The first-order valence-corrected chi connectivity index (χ1v) is 27.3. The summed E-state index contributed by atoms with van der Waals surface area (Å²) < 4.78 is 2.29.